The monoisotopic (exact) mass is 584 g/mol. The van der Waals surface area contributed by atoms with E-state index >= 15 is 0 Å². The van der Waals surface area contributed by atoms with Crippen molar-refractivity contribution in [3.8, 4) is 0 Å². The maximum absolute atomic E-state index is 12.7. The molecule has 1 aliphatic heterocycles. The topological polar surface area (TPSA) is 95.3 Å². The van der Waals surface area contributed by atoms with Crippen LogP contribution in [-0.2, 0) is 19.1 Å². The second-order valence-electron chi connectivity index (χ2n) is 10.1. The number of hydrogen-bond acceptors (Lipinski definition) is 7. The first kappa shape index (κ1) is 29.5. The van der Waals surface area contributed by atoms with Crippen molar-refractivity contribution in [2.45, 2.75) is 67.9 Å². The van der Waals surface area contributed by atoms with Gasteiger partial charge in [0, 0.05) is 40.8 Å². The summed E-state index contributed by atoms with van der Waals surface area (Å²) < 4.78 is 13.1. The summed E-state index contributed by atoms with van der Waals surface area (Å²) in [5.74, 6) is -0.288. The lowest BCUT2D eigenvalue weighted by Gasteiger charge is -2.23. The van der Waals surface area contributed by atoms with Crippen molar-refractivity contribution < 1.29 is 19.1 Å². The minimum Gasteiger partial charge on any atom is -0.466 e. The van der Waals surface area contributed by atoms with Gasteiger partial charge < -0.3 is 14.8 Å². The van der Waals surface area contributed by atoms with Gasteiger partial charge in [0.05, 0.1) is 29.2 Å². The van der Waals surface area contributed by atoms with E-state index in [2.05, 4.69) is 28.5 Å². The first-order valence-corrected chi connectivity index (χ1v) is 15.4. The van der Waals surface area contributed by atoms with Crippen LogP contribution in [0.25, 0.3) is 23.1 Å². The van der Waals surface area contributed by atoms with E-state index in [1.54, 1.807) is 24.9 Å². The molecule has 1 fully saturated rings. The zero-order valence-electron chi connectivity index (χ0n) is 23.8. The average Bonchev–Trinajstić information content (AvgIpc) is 3.38. The molecule has 3 heterocycles. The second-order valence-corrected chi connectivity index (χ2v) is 11.2. The molecule has 1 amide bonds. The van der Waals surface area contributed by atoms with Gasteiger partial charge in [0.1, 0.15) is 0 Å². The minimum absolute atomic E-state index is 0.0702. The number of benzene rings is 2. The molecule has 1 N–H and O–H groups in total. The molecule has 5 rings (SSSR count). The molecule has 0 radical (unpaired) electrons. The Balaban J connectivity index is 1.33. The van der Waals surface area contributed by atoms with E-state index in [1.165, 1.54) is 0 Å². The molecule has 9 heteroatoms. The standard InChI is InChI=1S/C33H36N4O4S/c1-2-40-33(39)16-6-5-14-31(38)35-28-12-3-4-13-30(28)42-25-18-19-26-27(20-17-24-11-7-9-21-34-24)36-37(29(26)23-25)32-15-8-10-22-41-32/h3-4,7,9,11-13,17-21,23,32H,2,5-6,8,10,14-16,22H2,1H3,(H,35,38). The number of nitrogens with one attached hydrogen (secondary N) is 1. The highest BCUT2D eigenvalue weighted by Crippen LogP contribution is 2.37. The smallest absolute Gasteiger partial charge is 0.305 e. The van der Waals surface area contributed by atoms with Crippen molar-refractivity contribution in [3.63, 3.8) is 0 Å². The summed E-state index contributed by atoms with van der Waals surface area (Å²) in [5, 5.41) is 9.07. The largest absolute Gasteiger partial charge is 0.466 e. The third-order valence-electron chi connectivity index (χ3n) is 6.96. The fourth-order valence-corrected chi connectivity index (χ4v) is 5.83. The average molecular weight is 585 g/mol. The summed E-state index contributed by atoms with van der Waals surface area (Å²) in [6.07, 6.45) is 10.7. The van der Waals surface area contributed by atoms with Crippen LogP contribution in [0.4, 0.5) is 5.69 Å². The van der Waals surface area contributed by atoms with Crippen LogP contribution in [0.3, 0.4) is 0 Å². The van der Waals surface area contributed by atoms with Gasteiger partial charge in [0.15, 0.2) is 6.23 Å². The number of nitrogens with zero attached hydrogens (tertiary/aromatic N) is 3. The van der Waals surface area contributed by atoms with Gasteiger partial charge in [0.2, 0.25) is 5.91 Å². The molecule has 2 aromatic carbocycles. The van der Waals surface area contributed by atoms with Crippen LogP contribution in [0.15, 0.2) is 76.7 Å². The maximum atomic E-state index is 12.7. The number of aromatic nitrogens is 3. The number of anilines is 1. The number of ether oxygens (including phenoxy) is 2. The number of carbonyl (C=O) groups is 2. The normalized spacial score (nSPS) is 15.2. The number of rotatable bonds is 12. The molecule has 1 aliphatic rings. The van der Waals surface area contributed by atoms with E-state index in [0.29, 0.717) is 32.3 Å². The van der Waals surface area contributed by atoms with Crippen molar-refractivity contribution >= 4 is 52.4 Å². The summed E-state index contributed by atoms with van der Waals surface area (Å²) in [6.45, 7) is 2.90. The summed E-state index contributed by atoms with van der Waals surface area (Å²) >= 11 is 1.60. The van der Waals surface area contributed by atoms with Crippen molar-refractivity contribution in [2.75, 3.05) is 18.5 Å². The highest BCUT2D eigenvalue weighted by Gasteiger charge is 2.21. The van der Waals surface area contributed by atoms with Crippen molar-refractivity contribution in [1.82, 2.24) is 14.8 Å². The number of amides is 1. The van der Waals surface area contributed by atoms with Gasteiger partial charge in [-0.25, -0.2) is 4.68 Å². The SMILES string of the molecule is CCOC(=O)CCCCC(=O)Nc1ccccc1Sc1ccc2c(C=Cc3ccccn3)nn(C3CCCCO3)c2c1. The quantitative estimate of drug-likeness (QED) is 0.136. The zero-order chi connectivity index (χ0) is 29.1. The molecule has 0 saturated carbocycles. The van der Waals surface area contributed by atoms with E-state index in [1.807, 2.05) is 59.3 Å². The Morgan fingerprint density at radius 2 is 1.93 bits per heavy atom. The van der Waals surface area contributed by atoms with Gasteiger partial charge in [-0.1, -0.05) is 30.0 Å². The number of fused-ring (bicyclic) bond motifs is 1. The summed E-state index contributed by atoms with van der Waals surface area (Å²) in [5.41, 5.74) is 3.52. The van der Waals surface area contributed by atoms with Crippen LogP contribution in [0, 0.1) is 0 Å². The molecule has 218 valence electrons. The highest BCUT2D eigenvalue weighted by molar-refractivity contribution is 7.99. The van der Waals surface area contributed by atoms with E-state index in [0.717, 1.165) is 63.6 Å². The second kappa shape index (κ2) is 14.8. The van der Waals surface area contributed by atoms with E-state index in [9.17, 15) is 9.59 Å². The Hall–Kier alpha value is -3.95. The number of esters is 1. The van der Waals surface area contributed by atoms with Gasteiger partial charge in [-0.15, -0.1) is 0 Å². The molecular formula is C33H36N4O4S. The molecule has 2 aromatic heterocycles. The fourth-order valence-electron chi connectivity index (χ4n) is 4.89. The van der Waals surface area contributed by atoms with Crippen molar-refractivity contribution in [3.05, 3.63) is 78.2 Å². The van der Waals surface area contributed by atoms with Gasteiger partial charge in [-0.2, -0.15) is 5.10 Å². The summed E-state index contributed by atoms with van der Waals surface area (Å²) in [7, 11) is 0. The Bertz CT molecular complexity index is 1530. The molecule has 8 nitrogen and oxygen atoms in total. The van der Waals surface area contributed by atoms with Crippen LogP contribution in [-0.4, -0.2) is 39.9 Å². The van der Waals surface area contributed by atoms with Crippen LogP contribution in [0.1, 0.15) is 69.5 Å². The van der Waals surface area contributed by atoms with Crippen molar-refractivity contribution in [1.29, 1.82) is 0 Å². The predicted molar refractivity (Wildman–Crippen MR) is 166 cm³/mol. The Morgan fingerprint density at radius 3 is 2.74 bits per heavy atom. The summed E-state index contributed by atoms with van der Waals surface area (Å²) in [6, 6.07) is 20.0. The van der Waals surface area contributed by atoms with Gasteiger partial charge >= 0.3 is 5.97 Å². The third kappa shape index (κ3) is 7.86. The first-order chi connectivity index (χ1) is 20.6. The molecular weight excluding hydrogens is 548 g/mol. The zero-order valence-corrected chi connectivity index (χ0v) is 24.6. The lowest BCUT2D eigenvalue weighted by molar-refractivity contribution is -0.143. The van der Waals surface area contributed by atoms with Crippen LogP contribution < -0.4 is 5.32 Å². The van der Waals surface area contributed by atoms with Gasteiger partial charge in [0.25, 0.3) is 0 Å². The lowest BCUT2D eigenvalue weighted by atomic mass is 10.1. The number of unbranched alkanes of at least 4 members (excludes halogenated alkanes) is 1. The van der Waals surface area contributed by atoms with Gasteiger partial charge in [-0.3, -0.25) is 14.6 Å². The third-order valence-corrected chi connectivity index (χ3v) is 8.03. The Morgan fingerprint density at radius 1 is 1.07 bits per heavy atom. The van der Waals surface area contributed by atoms with Crippen molar-refractivity contribution in [2.24, 2.45) is 0 Å². The molecule has 4 aromatic rings. The number of hydrogen-bond donors (Lipinski definition) is 1. The number of carbonyl (C=O) groups excluding carboxylic acids is 2. The van der Waals surface area contributed by atoms with Crippen LogP contribution in [0.2, 0.25) is 0 Å². The lowest BCUT2D eigenvalue weighted by Crippen LogP contribution is -2.19. The molecule has 0 aliphatic carbocycles. The Labute approximate surface area is 250 Å². The number of pyridine rings is 1. The van der Waals surface area contributed by atoms with E-state index in [4.69, 9.17) is 14.6 Å². The highest BCUT2D eigenvalue weighted by atomic mass is 32.2. The molecule has 42 heavy (non-hydrogen) atoms. The minimum atomic E-state index is -0.218. The van der Waals surface area contributed by atoms with E-state index in [-0.39, 0.29) is 18.1 Å². The predicted octanol–water partition coefficient (Wildman–Crippen LogP) is 7.51. The van der Waals surface area contributed by atoms with Gasteiger partial charge in [-0.05, 0) is 93.6 Å². The summed E-state index contributed by atoms with van der Waals surface area (Å²) in [4.78, 5) is 30.6. The van der Waals surface area contributed by atoms with E-state index < -0.39 is 0 Å². The molecule has 1 unspecified atom stereocenters. The molecule has 1 atom stereocenters. The fraction of sp³-hybridized carbons (Fsp3) is 0.333. The number of para-hydroxylation sites is 1. The molecule has 0 spiro atoms. The Kier molecular flexibility index (Phi) is 10.4. The first-order valence-electron chi connectivity index (χ1n) is 14.6. The van der Waals surface area contributed by atoms with Crippen LogP contribution >= 0.6 is 11.8 Å². The molecule has 0 bridgehead atoms. The molecule has 1 saturated heterocycles. The maximum Gasteiger partial charge on any atom is 0.305 e. The van der Waals surface area contributed by atoms with Crippen LogP contribution in [0.5, 0.6) is 0 Å².